The Hall–Kier alpha value is -2.08. The van der Waals surface area contributed by atoms with Gasteiger partial charge in [-0.1, -0.05) is 15.9 Å². The zero-order valence-corrected chi connectivity index (χ0v) is 11.7. The van der Waals surface area contributed by atoms with Gasteiger partial charge in [-0.15, -0.1) is 0 Å². The van der Waals surface area contributed by atoms with E-state index >= 15 is 0 Å². The Bertz CT molecular complexity index is 657. The summed E-state index contributed by atoms with van der Waals surface area (Å²) in [4.78, 5) is 11.6. The van der Waals surface area contributed by atoms with E-state index in [-0.39, 0.29) is 11.1 Å². The van der Waals surface area contributed by atoms with Gasteiger partial charge in [0.1, 0.15) is 11.6 Å². The molecule has 0 aromatic heterocycles. The van der Waals surface area contributed by atoms with Crippen molar-refractivity contribution in [1.29, 1.82) is 0 Å². The van der Waals surface area contributed by atoms with Crippen LogP contribution in [0, 0.1) is 11.6 Å². The molecule has 3 nitrogen and oxygen atoms in total. The highest BCUT2D eigenvalue weighted by molar-refractivity contribution is 9.10. The Morgan fingerprint density at radius 1 is 1.15 bits per heavy atom. The van der Waals surface area contributed by atoms with Crippen molar-refractivity contribution in [2.45, 2.75) is 0 Å². The van der Waals surface area contributed by atoms with Crippen LogP contribution in [0.5, 0.6) is 0 Å². The van der Waals surface area contributed by atoms with Gasteiger partial charge >= 0.3 is 0 Å². The minimum Gasteiger partial charge on any atom is -0.267 e. The van der Waals surface area contributed by atoms with Gasteiger partial charge in [0.2, 0.25) is 0 Å². The normalized spacial score (nSPS) is 10.8. The molecule has 1 N–H and O–H groups in total. The van der Waals surface area contributed by atoms with Crippen LogP contribution in [0.3, 0.4) is 0 Å². The van der Waals surface area contributed by atoms with Gasteiger partial charge in [-0.25, -0.2) is 14.2 Å². The predicted molar refractivity (Wildman–Crippen MR) is 75.6 cm³/mol. The van der Waals surface area contributed by atoms with E-state index in [1.165, 1.54) is 42.6 Å². The first kappa shape index (κ1) is 14.3. The fourth-order valence-corrected chi connectivity index (χ4v) is 1.82. The standard InChI is InChI=1S/C14H9BrF2N2O/c15-11-3-6-13(17)10(7-11)8-18-19-14(20)9-1-4-12(16)5-2-9/h1-8H,(H,19,20)/b18-8+. The summed E-state index contributed by atoms with van der Waals surface area (Å²) >= 11 is 3.21. The number of carbonyl (C=O) groups is 1. The molecule has 0 heterocycles. The van der Waals surface area contributed by atoms with Crippen LogP contribution < -0.4 is 5.43 Å². The molecular formula is C14H9BrF2N2O. The summed E-state index contributed by atoms with van der Waals surface area (Å²) in [6.07, 6.45) is 1.20. The van der Waals surface area contributed by atoms with Crippen LogP contribution in [-0.4, -0.2) is 12.1 Å². The lowest BCUT2D eigenvalue weighted by Gasteiger charge is -2.00. The van der Waals surface area contributed by atoms with Crippen molar-refractivity contribution in [1.82, 2.24) is 5.43 Å². The molecule has 0 aliphatic carbocycles. The van der Waals surface area contributed by atoms with E-state index in [4.69, 9.17) is 0 Å². The molecule has 2 aromatic carbocycles. The molecule has 0 saturated carbocycles. The third-order valence-corrected chi connectivity index (χ3v) is 2.93. The maximum atomic E-state index is 13.4. The molecule has 0 radical (unpaired) electrons. The van der Waals surface area contributed by atoms with Gasteiger partial charge < -0.3 is 0 Å². The topological polar surface area (TPSA) is 41.5 Å². The van der Waals surface area contributed by atoms with Gasteiger partial charge in [-0.05, 0) is 42.5 Å². The number of hydrogen-bond donors (Lipinski definition) is 1. The van der Waals surface area contributed by atoms with Gasteiger partial charge in [-0.3, -0.25) is 4.79 Å². The van der Waals surface area contributed by atoms with Crippen molar-refractivity contribution < 1.29 is 13.6 Å². The van der Waals surface area contributed by atoms with Crippen molar-refractivity contribution >= 4 is 28.1 Å². The zero-order valence-electron chi connectivity index (χ0n) is 10.1. The number of nitrogens with one attached hydrogen (secondary N) is 1. The molecule has 0 spiro atoms. The Kier molecular flexibility index (Phi) is 4.57. The summed E-state index contributed by atoms with van der Waals surface area (Å²) in [6.45, 7) is 0. The highest BCUT2D eigenvalue weighted by atomic mass is 79.9. The third kappa shape index (κ3) is 3.71. The Labute approximate surface area is 122 Å². The smallest absolute Gasteiger partial charge is 0.267 e. The average molecular weight is 339 g/mol. The van der Waals surface area contributed by atoms with Crippen LogP contribution in [0.25, 0.3) is 0 Å². The lowest BCUT2D eigenvalue weighted by Crippen LogP contribution is -2.17. The molecule has 0 bridgehead atoms. The monoisotopic (exact) mass is 338 g/mol. The first-order valence-electron chi connectivity index (χ1n) is 5.60. The van der Waals surface area contributed by atoms with Crippen LogP contribution in [0.2, 0.25) is 0 Å². The number of nitrogens with zero attached hydrogens (tertiary/aromatic N) is 1. The van der Waals surface area contributed by atoms with E-state index in [1.54, 1.807) is 6.07 Å². The molecule has 102 valence electrons. The molecule has 0 unspecified atom stereocenters. The minimum absolute atomic E-state index is 0.235. The molecule has 2 aromatic rings. The maximum absolute atomic E-state index is 13.4. The second-order valence-electron chi connectivity index (χ2n) is 3.87. The number of carbonyl (C=O) groups excluding carboxylic acids is 1. The first-order valence-corrected chi connectivity index (χ1v) is 6.39. The quantitative estimate of drug-likeness (QED) is 0.675. The highest BCUT2D eigenvalue weighted by Gasteiger charge is 2.04. The van der Waals surface area contributed by atoms with Crippen molar-refractivity contribution in [2.75, 3.05) is 0 Å². The molecule has 1 amide bonds. The molecule has 0 atom stereocenters. The molecule has 6 heteroatoms. The third-order valence-electron chi connectivity index (χ3n) is 2.43. The first-order chi connectivity index (χ1) is 9.56. The summed E-state index contributed by atoms with van der Waals surface area (Å²) in [6, 6.07) is 9.39. The lowest BCUT2D eigenvalue weighted by molar-refractivity contribution is 0.0955. The minimum atomic E-state index is -0.503. The van der Waals surface area contributed by atoms with Crippen molar-refractivity contribution in [2.24, 2.45) is 5.10 Å². The molecular weight excluding hydrogens is 330 g/mol. The van der Waals surface area contributed by atoms with Gasteiger partial charge in [0.15, 0.2) is 0 Å². The maximum Gasteiger partial charge on any atom is 0.271 e. The Morgan fingerprint density at radius 3 is 2.55 bits per heavy atom. The molecule has 0 fully saturated rings. The second kappa shape index (κ2) is 6.38. The highest BCUT2D eigenvalue weighted by Crippen LogP contribution is 2.13. The van der Waals surface area contributed by atoms with Crippen LogP contribution in [0.1, 0.15) is 15.9 Å². The summed E-state index contributed by atoms with van der Waals surface area (Å²) in [5.41, 5.74) is 2.74. The van der Waals surface area contributed by atoms with E-state index in [1.807, 2.05) is 0 Å². The fourth-order valence-electron chi connectivity index (χ4n) is 1.44. The van der Waals surface area contributed by atoms with E-state index in [2.05, 4.69) is 26.5 Å². The van der Waals surface area contributed by atoms with Crippen LogP contribution in [-0.2, 0) is 0 Å². The van der Waals surface area contributed by atoms with Crippen molar-refractivity contribution in [3.05, 3.63) is 69.7 Å². The van der Waals surface area contributed by atoms with Crippen molar-refractivity contribution in [3.63, 3.8) is 0 Å². The number of halogens is 3. The second-order valence-corrected chi connectivity index (χ2v) is 4.79. The molecule has 2 rings (SSSR count). The van der Waals surface area contributed by atoms with Gasteiger partial charge in [0.25, 0.3) is 5.91 Å². The van der Waals surface area contributed by atoms with E-state index < -0.39 is 17.5 Å². The number of amides is 1. The summed E-state index contributed by atoms with van der Waals surface area (Å²) < 4.78 is 26.8. The van der Waals surface area contributed by atoms with E-state index in [0.717, 1.165) is 0 Å². The summed E-state index contributed by atoms with van der Waals surface area (Å²) in [5.74, 6) is -1.38. The van der Waals surface area contributed by atoms with Crippen LogP contribution >= 0.6 is 15.9 Å². The van der Waals surface area contributed by atoms with Crippen molar-refractivity contribution in [3.8, 4) is 0 Å². The van der Waals surface area contributed by atoms with E-state index in [0.29, 0.717) is 4.47 Å². The lowest BCUT2D eigenvalue weighted by atomic mass is 10.2. The Balaban J connectivity index is 2.04. The van der Waals surface area contributed by atoms with Gasteiger partial charge in [0.05, 0.1) is 6.21 Å². The molecule has 0 aliphatic rings. The predicted octanol–water partition coefficient (Wildman–Crippen LogP) is 3.49. The Morgan fingerprint density at radius 2 is 1.85 bits per heavy atom. The molecule has 0 saturated heterocycles. The summed E-state index contributed by atoms with van der Waals surface area (Å²) in [5, 5.41) is 3.66. The van der Waals surface area contributed by atoms with Crippen LogP contribution in [0.15, 0.2) is 52.0 Å². The number of benzene rings is 2. The van der Waals surface area contributed by atoms with Gasteiger partial charge in [0, 0.05) is 15.6 Å². The SMILES string of the molecule is O=C(N/N=C/c1cc(Br)ccc1F)c1ccc(F)cc1. The van der Waals surface area contributed by atoms with Crippen LogP contribution in [0.4, 0.5) is 8.78 Å². The average Bonchev–Trinajstić information content (AvgIpc) is 2.43. The molecule has 20 heavy (non-hydrogen) atoms. The van der Waals surface area contributed by atoms with Gasteiger partial charge in [-0.2, -0.15) is 5.10 Å². The summed E-state index contributed by atoms with van der Waals surface area (Å²) in [7, 11) is 0. The molecule has 0 aliphatic heterocycles. The number of rotatable bonds is 3. The largest absolute Gasteiger partial charge is 0.271 e. The zero-order chi connectivity index (χ0) is 14.5. The fraction of sp³-hybridized carbons (Fsp3) is 0. The van der Waals surface area contributed by atoms with E-state index in [9.17, 15) is 13.6 Å². The number of hydrogen-bond acceptors (Lipinski definition) is 2. The number of hydrazone groups is 1.